The van der Waals surface area contributed by atoms with Crippen molar-refractivity contribution in [3.8, 4) is 11.5 Å². The highest BCUT2D eigenvalue weighted by atomic mass is 32.2. The number of carboxylic acid groups (broad SMARTS) is 1. The summed E-state index contributed by atoms with van der Waals surface area (Å²) in [5.74, 6) is 0.229. The maximum Gasteiger partial charge on any atom is 0.305 e. The normalized spacial score (nSPS) is 29.6. The zero-order valence-electron chi connectivity index (χ0n) is 23.5. The fourth-order valence-corrected chi connectivity index (χ4v) is 10.5. The van der Waals surface area contributed by atoms with Crippen molar-refractivity contribution < 1.29 is 29.0 Å². The van der Waals surface area contributed by atoms with Crippen LogP contribution >= 0.6 is 23.1 Å². The monoisotopic (exact) mass is 600 g/mol. The van der Waals surface area contributed by atoms with Crippen molar-refractivity contribution in [2.45, 2.75) is 62.1 Å². The fourth-order valence-electron chi connectivity index (χ4n) is 7.65. The number of nitrogens with zero attached hydrogens (tertiary/aromatic N) is 1. The number of amides is 2. The van der Waals surface area contributed by atoms with Crippen LogP contribution in [0.25, 0.3) is 0 Å². The number of unbranched alkanes of at least 4 members (excludes halogenated alkanes) is 2. The van der Waals surface area contributed by atoms with Gasteiger partial charge in [0.1, 0.15) is 0 Å². The van der Waals surface area contributed by atoms with E-state index < -0.39 is 5.97 Å². The van der Waals surface area contributed by atoms with Crippen molar-refractivity contribution >= 4 is 40.9 Å². The van der Waals surface area contributed by atoms with E-state index in [1.54, 1.807) is 18.9 Å². The maximum absolute atomic E-state index is 13.7. The van der Waals surface area contributed by atoms with Gasteiger partial charge in [0.05, 0.1) is 30.6 Å². The third-order valence-electron chi connectivity index (χ3n) is 9.21. The predicted molar refractivity (Wildman–Crippen MR) is 155 cm³/mol. The van der Waals surface area contributed by atoms with Crippen LogP contribution in [0.5, 0.6) is 11.5 Å². The average molecular weight is 601 g/mol. The van der Waals surface area contributed by atoms with Crippen LogP contribution in [0.4, 0.5) is 0 Å². The number of hydrogen-bond acceptors (Lipinski definition) is 8. The molecule has 3 heterocycles. The Kier molecular flexibility index (Phi) is 7.69. The second-order valence-corrected chi connectivity index (χ2v) is 14.3. The molecule has 1 aromatic carbocycles. The molecule has 1 saturated heterocycles. The maximum atomic E-state index is 13.7. The van der Waals surface area contributed by atoms with Gasteiger partial charge in [0, 0.05) is 29.0 Å². The van der Waals surface area contributed by atoms with E-state index in [1.807, 2.05) is 12.1 Å². The third kappa shape index (κ3) is 4.88. The molecule has 2 saturated carbocycles. The number of carbonyl (C=O) groups is 3. The van der Waals surface area contributed by atoms with Crippen LogP contribution in [0, 0.1) is 35.5 Å². The highest BCUT2D eigenvalue weighted by molar-refractivity contribution is 8.00. The van der Waals surface area contributed by atoms with Crippen molar-refractivity contribution in [3.05, 3.63) is 38.3 Å². The molecule has 2 aromatic rings. The van der Waals surface area contributed by atoms with Crippen LogP contribution < -0.4 is 14.3 Å². The highest BCUT2D eigenvalue weighted by Crippen LogP contribution is 2.68. The first-order valence-corrected chi connectivity index (χ1v) is 16.2. The number of hydrogen-bond donors (Lipinski definition) is 2. The Morgan fingerprint density at radius 2 is 1.85 bits per heavy atom. The van der Waals surface area contributed by atoms with Crippen LogP contribution in [0.3, 0.4) is 0 Å². The third-order valence-corrected chi connectivity index (χ3v) is 11.8. The molecule has 7 atom stereocenters. The lowest BCUT2D eigenvalue weighted by molar-refractivity contribution is -0.141. The summed E-state index contributed by atoms with van der Waals surface area (Å²) in [6.07, 6.45) is 2.76. The lowest BCUT2D eigenvalue weighted by Gasteiger charge is -2.43. The molecule has 6 rings (SSSR count). The smallest absolute Gasteiger partial charge is 0.305 e. The zero-order chi connectivity index (χ0) is 29.0. The van der Waals surface area contributed by atoms with Crippen molar-refractivity contribution in [1.29, 1.82) is 0 Å². The Morgan fingerprint density at radius 3 is 2.56 bits per heavy atom. The van der Waals surface area contributed by atoms with E-state index in [-0.39, 0.29) is 63.9 Å². The first kappa shape index (κ1) is 28.3. The number of nitrogens with one attached hydrogen (secondary N) is 1. The molecule has 0 radical (unpaired) electrons. The number of H-pyrrole nitrogens is 1. The van der Waals surface area contributed by atoms with Gasteiger partial charge in [-0.25, -0.2) is 0 Å². The Labute approximate surface area is 247 Å². The standard InChI is InChI=1S/C30H36N2O7S2/c1-14(2)13-39-18-9-8-15(11-19(18)38-3)21-22-16-12-17(25(22)40-27-26(21)41-30(37)31-27)24-23(16)28(35)32(29(24)36)10-6-4-5-7-20(33)34/h8-9,11,14,16-17,21-25H,4-7,10,12-13H2,1-3H3,(H,31,37)(H,33,34)/t16?,17?,21-,22?,23?,24?,25?/m1/s1. The number of aromatic amines is 1. The van der Waals surface area contributed by atoms with Crippen molar-refractivity contribution in [2.75, 3.05) is 20.3 Å². The molecule has 11 heteroatoms. The molecular formula is C30H36N2O7S2. The largest absolute Gasteiger partial charge is 0.493 e. The van der Waals surface area contributed by atoms with Crippen LogP contribution in [0.1, 0.15) is 62.3 Å². The van der Waals surface area contributed by atoms with Gasteiger partial charge in [-0.2, -0.15) is 0 Å². The lowest BCUT2D eigenvalue weighted by atomic mass is 9.68. The summed E-state index contributed by atoms with van der Waals surface area (Å²) in [6.45, 7) is 5.11. The number of benzene rings is 1. The van der Waals surface area contributed by atoms with Gasteiger partial charge in [-0.15, -0.1) is 11.8 Å². The van der Waals surface area contributed by atoms with E-state index in [9.17, 15) is 19.2 Å². The number of thiazole rings is 1. The van der Waals surface area contributed by atoms with E-state index in [0.29, 0.717) is 49.8 Å². The molecule has 2 aliphatic heterocycles. The van der Waals surface area contributed by atoms with E-state index in [2.05, 4.69) is 24.9 Å². The van der Waals surface area contributed by atoms with Crippen molar-refractivity contribution in [3.63, 3.8) is 0 Å². The molecule has 0 spiro atoms. The summed E-state index contributed by atoms with van der Waals surface area (Å²) < 4.78 is 11.7. The number of fused-ring (bicyclic) bond motifs is 9. The van der Waals surface area contributed by atoms with E-state index in [0.717, 1.165) is 21.9 Å². The minimum atomic E-state index is -0.829. The zero-order valence-corrected chi connectivity index (χ0v) is 25.1. The predicted octanol–water partition coefficient (Wildman–Crippen LogP) is 4.60. The molecule has 2 aliphatic carbocycles. The first-order chi connectivity index (χ1) is 19.7. The number of carbonyl (C=O) groups excluding carboxylic acids is 2. The molecule has 6 unspecified atom stereocenters. The van der Waals surface area contributed by atoms with Crippen molar-refractivity contribution in [1.82, 2.24) is 9.88 Å². The average Bonchev–Trinajstić information content (AvgIpc) is 3.66. The van der Waals surface area contributed by atoms with E-state index in [4.69, 9.17) is 14.6 Å². The Balaban J connectivity index is 1.29. The highest BCUT2D eigenvalue weighted by Gasteiger charge is 2.69. The SMILES string of the molecule is COc1cc([C@H]2c3sc(=O)[nH]c3SC3C4CC(C5C(=O)N(CCCCCC(=O)O)C(=O)C45)C32)ccc1OCC(C)C. The summed E-state index contributed by atoms with van der Waals surface area (Å²) in [5, 5.41) is 9.89. The van der Waals surface area contributed by atoms with Gasteiger partial charge in [-0.1, -0.05) is 37.7 Å². The summed E-state index contributed by atoms with van der Waals surface area (Å²) >= 11 is 2.91. The fraction of sp³-hybridized carbons (Fsp3) is 0.600. The number of carboxylic acids is 1. The number of ether oxygens (including phenoxy) is 2. The summed E-state index contributed by atoms with van der Waals surface area (Å²) in [4.78, 5) is 56.1. The molecule has 9 nitrogen and oxygen atoms in total. The van der Waals surface area contributed by atoms with Gasteiger partial charge < -0.3 is 19.6 Å². The second kappa shape index (κ2) is 11.1. The van der Waals surface area contributed by atoms with E-state index >= 15 is 0 Å². The number of likely N-dealkylation sites (tertiary alicyclic amines) is 1. The lowest BCUT2D eigenvalue weighted by Crippen LogP contribution is -2.42. The Bertz CT molecular complexity index is 1420. The summed E-state index contributed by atoms with van der Waals surface area (Å²) in [6, 6.07) is 6.00. The minimum Gasteiger partial charge on any atom is -0.493 e. The quantitative estimate of drug-likeness (QED) is 0.283. The second-order valence-electron chi connectivity index (χ2n) is 12.1. The van der Waals surface area contributed by atoms with Crippen LogP contribution in [0.15, 0.2) is 28.0 Å². The van der Waals surface area contributed by atoms with Gasteiger partial charge in [-0.3, -0.25) is 24.1 Å². The molecule has 220 valence electrons. The molecule has 2 amide bonds. The first-order valence-electron chi connectivity index (χ1n) is 14.5. The number of thioether (sulfide) groups is 1. The van der Waals surface area contributed by atoms with Gasteiger partial charge in [0.15, 0.2) is 11.5 Å². The van der Waals surface area contributed by atoms with Gasteiger partial charge >= 0.3 is 10.8 Å². The summed E-state index contributed by atoms with van der Waals surface area (Å²) in [5.41, 5.74) is 1.03. The topological polar surface area (TPSA) is 126 Å². The van der Waals surface area contributed by atoms with Gasteiger partial charge in [-0.05, 0) is 60.6 Å². The molecule has 2 bridgehead atoms. The van der Waals surface area contributed by atoms with Gasteiger partial charge in [0.25, 0.3) is 0 Å². The number of methoxy groups -OCH3 is 1. The number of aromatic nitrogens is 1. The van der Waals surface area contributed by atoms with E-state index in [1.165, 1.54) is 16.2 Å². The Hall–Kier alpha value is -2.79. The van der Waals surface area contributed by atoms with Crippen LogP contribution in [-0.4, -0.2) is 58.3 Å². The number of aliphatic carboxylic acids is 1. The molecule has 1 aromatic heterocycles. The number of imide groups is 1. The number of rotatable bonds is 11. The molecular weight excluding hydrogens is 564 g/mol. The molecule has 3 fully saturated rings. The van der Waals surface area contributed by atoms with Gasteiger partial charge in [0.2, 0.25) is 11.8 Å². The molecule has 41 heavy (non-hydrogen) atoms. The minimum absolute atomic E-state index is 0.0502. The van der Waals surface area contributed by atoms with Crippen molar-refractivity contribution in [2.24, 2.45) is 35.5 Å². The molecule has 4 aliphatic rings. The Morgan fingerprint density at radius 1 is 1.10 bits per heavy atom. The van der Waals surface area contributed by atoms with Crippen LogP contribution in [0.2, 0.25) is 0 Å². The molecule has 2 N–H and O–H groups in total. The summed E-state index contributed by atoms with van der Waals surface area (Å²) in [7, 11) is 1.63. The van der Waals surface area contributed by atoms with Crippen LogP contribution in [-0.2, 0) is 14.4 Å².